The third-order valence-corrected chi connectivity index (χ3v) is 5.35. The molecule has 0 aliphatic carbocycles. The van der Waals surface area contributed by atoms with Crippen LogP contribution in [0.2, 0.25) is 15.1 Å². The molecular weight excluding hydrogens is 443 g/mol. The van der Waals surface area contributed by atoms with Crippen molar-refractivity contribution in [2.45, 2.75) is 58.7 Å². The van der Waals surface area contributed by atoms with E-state index < -0.39 is 11.6 Å². The van der Waals surface area contributed by atoms with E-state index in [9.17, 15) is 9.59 Å². The maximum absolute atomic E-state index is 13.3. The highest BCUT2D eigenvalue weighted by molar-refractivity contribution is 6.35. The lowest BCUT2D eigenvalue weighted by Gasteiger charge is -2.33. The standard InChI is InChI=1S/C23H27Cl3N2O2/c1-5-20(22(30)27-23(2,3)4)28(14-15-6-9-17(24)10-7-15)21(29)12-16-8-11-18(25)13-19(16)26/h6-11,13,20H,5,12,14H2,1-4H3,(H,27,30). The van der Waals surface area contributed by atoms with Crippen LogP contribution in [0, 0.1) is 0 Å². The highest BCUT2D eigenvalue weighted by atomic mass is 35.5. The zero-order valence-electron chi connectivity index (χ0n) is 17.6. The number of benzene rings is 2. The molecule has 2 amide bonds. The molecule has 0 saturated heterocycles. The Morgan fingerprint density at radius 3 is 2.13 bits per heavy atom. The van der Waals surface area contributed by atoms with E-state index in [1.54, 1.807) is 35.2 Å². The minimum atomic E-state index is -0.613. The van der Waals surface area contributed by atoms with Crippen LogP contribution in [0.1, 0.15) is 45.2 Å². The van der Waals surface area contributed by atoms with E-state index in [-0.39, 0.29) is 24.8 Å². The summed E-state index contributed by atoms with van der Waals surface area (Å²) in [5.74, 6) is -0.375. The molecule has 0 saturated carbocycles. The summed E-state index contributed by atoms with van der Waals surface area (Å²) in [6.45, 7) is 7.92. The van der Waals surface area contributed by atoms with Crippen molar-refractivity contribution in [3.63, 3.8) is 0 Å². The highest BCUT2D eigenvalue weighted by Crippen LogP contribution is 2.23. The van der Waals surface area contributed by atoms with Gasteiger partial charge in [-0.2, -0.15) is 0 Å². The van der Waals surface area contributed by atoms with E-state index in [1.165, 1.54) is 0 Å². The maximum Gasteiger partial charge on any atom is 0.243 e. The van der Waals surface area contributed by atoms with E-state index in [0.717, 1.165) is 5.56 Å². The zero-order chi connectivity index (χ0) is 22.5. The first-order valence-corrected chi connectivity index (χ1v) is 10.9. The van der Waals surface area contributed by atoms with Gasteiger partial charge in [0.15, 0.2) is 0 Å². The Bertz CT molecular complexity index is 892. The number of carbonyl (C=O) groups excluding carboxylic acids is 2. The Kier molecular flexibility index (Phi) is 8.60. The van der Waals surface area contributed by atoms with Crippen LogP contribution in [0.3, 0.4) is 0 Å². The number of hydrogen-bond acceptors (Lipinski definition) is 2. The number of carbonyl (C=O) groups is 2. The molecular formula is C23H27Cl3N2O2. The summed E-state index contributed by atoms with van der Waals surface area (Å²) in [5, 5.41) is 4.53. The molecule has 1 unspecified atom stereocenters. The predicted octanol–water partition coefficient (Wildman–Crippen LogP) is 5.91. The second kappa shape index (κ2) is 10.5. The Hall–Kier alpha value is -1.75. The summed E-state index contributed by atoms with van der Waals surface area (Å²) in [4.78, 5) is 27.9. The molecule has 0 radical (unpaired) electrons. The molecule has 2 rings (SSSR count). The fraction of sp³-hybridized carbons (Fsp3) is 0.391. The maximum atomic E-state index is 13.3. The third kappa shape index (κ3) is 7.19. The number of amides is 2. The number of nitrogens with zero attached hydrogens (tertiary/aromatic N) is 1. The number of halogens is 3. The van der Waals surface area contributed by atoms with Gasteiger partial charge in [0, 0.05) is 27.2 Å². The molecule has 162 valence electrons. The van der Waals surface area contributed by atoms with Gasteiger partial charge in [0.2, 0.25) is 11.8 Å². The summed E-state index contributed by atoms with van der Waals surface area (Å²) >= 11 is 18.2. The molecule has 4 nitrogen and oxygen atoms in total. The molecule has 2 aromatic rings. The van der Waals surface area contributed by atoms with Crippen molar-refractivity contribution < 1.29 is 9.59 Å². The van der Waals surface area contributed by atoms with Crippen molar-refractivity contribution in [1.29, 1.82) is 0 Å². The summed E-state index contributed by atoms with van der Waals surface area (Å²) in [6, 6.07) is 11.7. The zero-order valence-corrected chi connectivity index (χ0v) is 19.9. The van der Waals surface area contributed by atoms with Crippen molar-refractivity contribution in [3.05, 3.63) is 68.7 Å². The van der Waals surface area contributed by atoms with Crippen LogP contribution in [0.25, 0.3) is 0 Å². The fourth-order valence-corrected chi connectivity index (χ4v) is 3.69. The number of hydrogen-bond donors (Lipinski definition) is 1. The predicted molar refractivity (Wildman–Crippen MR) is 124 cm³/mol. The molecule has 0 aliphatic heterocycles. The van der Waals surface area contributed by atoms with Crippen molar-refractivity contribution in [2.75, 3.05) is 0 Å². The Balaban J connectivity index is 2.33. The fourth-order valence-electron chi connectivity index (χ4n) is 3.09. The van der Waals surface area contributed by atoms with Gasteiger partial charge in [0.05, 0.1) is 6.42 Å². The van der Waals surface area contributed by atoms with E-state index >= 15 is 0 Å². The average Bonchev–Trinajstić information content (AvgIpc) is 2.64. The minimum absolute atomic E-state index is 0.0723. The SMILES string of the molecule is CCC(C(=O)NC(C)(C)C)N(Cc1ccc(Cl)cc1)C(=O)Cc1ccc(Cl)cc1Cl. The lowest BCUT2D eigenvalue weighted by molar-refractivity contribution is -0.141. The van der Waals surface area contributed by atoms with Crippen LogP contribution in [-0.2, 0) is 22.6 Å². The first-order chi connectivity index (χ1) is 14.0. The van der Waals surface area contributed by atoms with Gasteiger partial charge >= 0.3 is 0 Å². The lowest BCUT2D eigenvalue weighted by atomic mass is 10.0. The van der Waals surface area contributed by atoms with Crippen molar-refractivity contribution in [2.24, 2.45) is 0 Å². The summed E-state index contributed by atoms with van der Waals surface area (Å²) in [7, 11) is 0. The van der Waals surface area contributed by atoms with E-state index in [2.05, 4.69) is 5.32 Å². The molecule has 0 aliphatic rings. The Labute approximate surface area is 193 Å². The first-order valence-electron chi connectivity index (χ1n) is 9.80. The monoisotopic (exact) mass is 468 g/mol. The van der Waals surface area contributed by atoms with Crippen LogP contribution < -0.4 is 5.32 Å². The highest BCUT2D eigenvalue weighted by Gasteiger charge is 2.30. The topological polar surface area (TPSA) is 49.4 Å². The number of rotatable bonds is 7. The quantitative estimate of drug-likeness (QED) is 0.548. The molecule has 0 aromatic heterocycles. The van der Waals surface area contributed by atoms with Crippen LogP contribution >= 0.6 is 34.8 Å². The van der Waals surface area contributed by atoms with Gasteiger partial charge in [-0.25, -0.2) is 0 Å². The van der Waals surface area contributed by atoms with Gasteiger partial charge in [-0.15, -0.1) is 0 Å². The van der Waals surface area contributed by atoms with Crippen LogP contribution in [0.5, 0.6) is 0 Å². The first kappa shape index (κ1) is 24.5. The molecule has 30 heavy (non-hydrogen) atoms. The van der Waals surface area contributed by atoms with Gasteiger partial charge in [0.25, 0.3) is 0 Å². The molecule has 0 fully saturated rings. The van der Waals surface area contributed by atoms with Crippen molar-refractivity contribution >= 4 is 46.6 Å². The summed E-state index contributed by atoms with van der Waals surface area (Å²) in [6.07, 6.45) is 0.554. The van der Waals surface area contributed by atoms with Gasteiger partial charge in [-0.3, -0.25) is 9.59 Å². The molecule has 0 heterocycles. The van der Waals surface area contributed by atoms with Gasteiger partial charge in [-0.1, -0.05) is 59.9 Å². The van der Waals surface area contributed by atoms with Crippen LogP contribution in [0.4, 0.5) is 0 Å². The lowest BCUT2D eigenvalue weighted by Crippen LogP contribution is -2.53. The summed E-state index contributed by atoms with van der Waals surface area (Å²) in [5.41, 5.74) is 1.15. The Morgan fingerprint density at radius 1 is 1.00 bits per heavy atom. The van der Waals surface area contributed by atoms with Gasteiger partial charge in [-0.05, 0) is 62.6 Å². The van der Waals surface area contributed by atoms with E-state index in [0.29, 0.717) is 27.1 Å². The molecule has 1 N–H and O–H groups in total. The summed E-state index contributed by atoms with van der Waals surface area (Å²) < 4.78 is 0. The normalized spacial score (nSPS) is 12.4. The van der Waals surface area contributed by atoms with E-state index in [1.807, 2.05) is 39.8 Å². The second-order valence-corrected chi connectivity index (χ2v) is 9.50. The van der Waals surface area contributed by atoms with Gasteiger partial charge < -0.3 is 10.2 Å². The Morgan fingerprint density at radius 2 is 1.60 bits per heavy atom. The van der Waals surface area contributed by atoms with Crippen molar-refractivity contribution in [1.82, 2.24) is 10.2 Å². The molecule has 0 spiro atoms. The minimum Gasteiger partial charge on any atom is -0.350 e. The number of nitrogens with one attached hydrogen (secondary N) is 1. The van der Waals surface area contributed by atoms with Crippen LogP contribution in [-0.4, -0.2) is 28.3 Å². The van der Waals surface area contributed by atoms with Gasteiger partial charge in [0.1, 0.15) is 6.04 Å². The van der Waals surface area contributed by atoms with E-state index in [4.69, 9.17) is 34.8 Å². The smallest absolute Gasteiger partial charge is 0.243 e. The van der Waals surface area contributed by atoms with Crippen molar-refractivity contribution in [3.8, 4) is 0 Å². The molecule has 0 bridgehead atoms. The van der Waals surface area contributed by atoms with Crippen LogP contribution in [0.15, 0.2) is 42.5 Å². The average molecular weight is 470 g/mol. The second-order valence-electron chi connectivity index (χ2n) is 8.22. The molecule has 2 aromatic carbocycles. The molecule has 7 heteroatoms. The largest absolute Gasteiger partial charge is 0.350 e. The molecule has 1 atom stereocenters. The third-order valence-electron chi connectivity index (χ3n) is 4.51.